The largest absolute Gasteiger partial charge is 0.472 e. The van der Waals surface area contributed by atoms with Gasteiger partial charge in [-0.1, -0.05) is 286 Å². The number of hydrogen-bond donors (Lipinski definition) is 2. The van der Waals surface area contributed by atoms with E-state index in [1.807, 2.05) is 39.4 Å². The van der Waals surface area contributed by atoms with E-state index in [0.29, 0.717) is 23.9 Å². The van der Waals surface area contributed by atoms with Crippen molar-refractivity contribution in [2.45, 2.75) is 296 Å². The summed E-state index contributed by atoms with van der Waals surface area (Å²) in [4.78, 5) is 37.7. The predicted octanol–water partition coefficient (Wildman–Crippen LogP) is 20.2. The molecule has 0 aromatic rings. The highest BCUT2D eigenvalue weighted by molar-refractivity contribution is 7.47. The van der Waals surface area contributed by atoms with E-state index < -0.39 is 25.9 Å². The van der Waals surface area contributed by atoms with Gasteiger partial charge in [-0.05, 0) is 70.3 Å². The first-order valence-electron chi connectivity index (χ1n) is 32.4. The highest BCUT2D eigenvalue weighted by Crippen LogP contribution is 2.43. The first-order valence-corrected chi connectivity index (χ1v) is 33.9. The molecule has 0 spiro atoms. The molecule has 1 amide bonds. The van der Waals surface area contributed by atoms with Gasteiger partial charge in [0, 0.05) is 12.8 Å². The van der Waals surface area contributed by atoms with Gasteiger partial charge in [0.1, 0.15) is 19.3 Å². The van der Waals surface area contributed by atoms with Crippen LogP contribution in [0.25, 0.3) is 0 Å². The number of hydrogen-bond acceptors (Lipinski definition) is 6. The maximum absolute atomic E-state index is 13.6. The number of allylic oxidation sites excluding steroid dienone is 13. The fourth-order valence-electron chi connectivity index (χ4n) is 9.14. The minimum atomic E-state index is -4.47. The van der Waals surface area contributed by atoms with E-state index in [1.54, 1.807) is 0 Å². The van der Waals surface area contributed by atoms with Gasteiger partial charge in [0.05, 0.1) is 33.8 Å². The Morgan fingerprint density at radius 3 is 1.23 bits per heavy atom. The van der Waals surface area contributed by atoms with Crippen molar-refractivity contribution in [3.05, 3.63) is 85.1 Å². The Hall–Kier alpha value is -2.81. The van der Waals surface area contributed by atoms with Crippen LogP contribution in [0.1, 0.15) is 284 Å². The van der Waals surface area contributed by atoms with Crippen LogP contribution in [-0.4, -0.2) is 74.3 Å². The lowest BCUT2D eigenvalue weighted by Gasteiger charge is -2.27. The summed E-state index contributed by atoms with van der Waals surface area (Å²) in [5, 5.41) is 3.04. The molecule has 0 aliphatic heterocycles. The van der Waals surface area contributed by atoms with Crippen LogP contribution >= 0.6 is 7.82 Å². The number of amides is 1. The number of quaternary nitrogens is 1. The van der Waals surface area contributed by atoms with Crippen LogP contribution < -0.4 is 5.32 Å². The van der Waals surface area contributed by atoms with E-state index in [9.17, 15) is 19.0 Å². The van der Waals surface area contributed by atoms with Crippen LogP contribution in [0.15, 0.2) is 85.1 Å². The minimum absolute atomic E-state index is 0.0273. The zero-order valence-corrected chi connectivity index (χ0v) is 52.5. The van der Waals surface area contributed by atoms with Crippen molar-refractivity contribution < 1.29 is 37.3 Å². The molecule has 0 aromatic heterocycles. The Morgan fingerprint density at radius 2 is 0.833 bits per heavy atom. The van der Waals surface area contributed by atoms with Crippen molar-refractivity contribution in [3.8, 4) is 0 Å². The molecular formula is C68H124N2O7P+. The molecule has 452 valence electrons. The predicted molar refractivity (Wildman–Crippen MR) is 337 cm³/mol. The van der Waals surface area contributed by atoms with E-state index in [1.165, 1.54) is 167 Å². The van der Waals surface area contributed by atoms with E-state index in [-0.39, 0.29) is 25.5 Å². The number of esters is 1. The summed E-state index contributed by atoms with van der Waals surface area (Å²) in [5.74, 6) is -0.597. The molecule has 0 saturated carbocycles. The molecule has 78 heavy (non-hydrogen) atoms. The molecule has 10 heteroatoms. The number of unbranched alkanes of at least 4 members (excludes halogenated alkanes) is 30. The molecule has 0 aliphatic carbocycles. The van der Waals surface area contributed by atoms with Crippen molar-refractivity contribution in [2.75, 3.05) is 40.9 Å². The molecule has 0 saturated heterocycles. The Labute approximate surface area is 482 Å². The fraction of sp³-hybridized carbons (Fsp3) is 0.765. The SMILES string of the molecule is CC/C=C\C/C=C\C/C=C\C/C=C\C/C=C\C/C=C\CCC(=O)OC(/C=C/CCCCCCCCCCCC)C(COP(=O)(O)OCC[N+](C)(C)C)NC(=O)CCCCCCCCCCCCCCCCCCCCCCC. The molecule has 3 atom stereocenters. The molecule has 0 fully saturated rings. The average Bonchev–Trinajstić information content (AvgIpc) is 3.40. The van der Waals surface area contributed by atoms with Crippen LogP contribution in [0.2, 0.25) is 0 Å². The number of carbonyl (C=O) groups is 2. The van der Waals surface area contributed by atoms with Crippen LogP contribution in [0.3, 0.4) is 0 Å². The second-order valence-corrected chi connectivity index (χ2v) is 24.4. The molecule has 0 aromatic carbocycles. The number of ether oxygens (including phenoxy) is 1. The van der Waals surface area contributed by atoms with E-state index in [2.05, 4.69) is 92.9 Å². The number of carbonyl (C=O) groups excluding carboxylic acids is 2. The first kappa shape index (κ1) is 75.2. The highest BCUT2D eigenvalue weighted by atomic mass is 31.2. The second kappa shape index (κ2) is 57.4. The van der Waals surface area contributed by atoms with Crippen molar-refractivity contribution in [2.24, 2.45) is 0 Å². The minimum Gasteiger partial charge on any atom is -0.456 e. The standard InChI is InChI=1S/C68H123N2O7P/c1-7-10-13-16-19-22-25-28-30-32-34-35-37-38-40-42-45-48-51-54-57-60-67(71)69-65(64-76-78(73,74)75-63-62-70(4,5)6)66(59-56-53-50-47-44-27-24-21-18-15-12-9-3)77-68(72)61-58-55-52-49-46-43-41-39-36-33-31-29-26-23-20-17-14-11-8-2/h11,14,20,23,29,31,36,39,43,46,52,55-56,59,65-66H,7-10,12-13,15-19,21-22,24-28,30,32-35,37-38,40-42,44-45,47-51,53-54,57-58,60-64H2,1-6H3,(H-,69,71,73,74)/p+1/b14-11-,23-20-,31-29-,39-36-,46-43-,55-52-,59-56+. The fourth-order valence-corrected chi connectivity index (χ4v) is 9.88. The van der Waals surface area contributed by atoms with E-state index in [0.717, 1.165) is 77.0 Å². The number of phosphoric ester groups is 1. The van der Waals surface area contributed by atoms with Gasteiger partial charge in [0.2, 0.25) is 5.91 Å². The second-order valence-electron chi connectivity index (χ2n) is 22.9. The molecule has 0 aliphatic rings. The van der Waals surface area contributed by atoms with Crippen molar-refractivity contribution in [3.63, 3.8) is 0 Å². The van der Waals surface area contributed by atoms with Crippen molar-refractivity contribution in [1.82, 2.24) is 5.32 Å². The first-order chi connectivity index (χ1) is 37.9. The van der Waals surface area contributed by atoms with Crippen molar-refractivity contribution >= 4 is 19.7 Å². The van der Waals surface area contributed by atoms with E-state index >= 15 is 0 Å². The maximum atomic E-state index is 13.6. The quantitative estimate of drug-likeness (QED) is 0.0205. The lowest BCUT2D eigenvalue weighted by molar-refractivity contribution is -0.870. The van der Waals surface area contributed by atoms with Gasteiger partial charge in [-0.25, -0.2) is 4.57 Å². The molecule has 3 unspecified atom stereocenters. The summed E-state index contributed by atoms with van der Waals surface area (Å²) >= 11 is 0. The summed E-state index contributed by atoms with van der Waals surface area (Å²) < 4.78 is 30.7. The number of likely N-dealkylation sites (N-methyl/N-ethyl adjacent to an activating group) is 1. The number of nitrogens with one attached hydrogen (secondary N) is 1. The lowest BCUT2D eigenvalue weighted by Crippen LogP contribution is -2.47. The van der Waals surface area contributed by atoms with Gasteiger partial charge in [-0.15, -0.1) is 0 Å². The van der Waals surface area contributed by atoms with Crippen LogP contribution in [0, 0.1) is 0 Å². The van der Waals surface area contributed by atoms with Gasteiger partial charge in [-0.3, -0.25) is 18.6 Å². The summed E-state index contributed by atoms with van der Waals surface area (Å²) in [5.41, 5.74) is 0. The molecule has 0 radical (unpaired) electrons. The summed E-state index contributed by atoms with van der Waals surface area (Å²) in [6.45, 7) is 6.87. The topological polar surface area (TPSA) is 111 Å². The van der Waals surface area contributed by atoms with E-state index in [4.69, 9.17) is 13.8 Å². The number of nitrogens with zero attached hydrogens (tertiary/aromatic N) is 1. The zero-order valence-electron chi connectivity index (χ0n) is 51.6. The monoisotopic (exact) mass is 1110 g/mol. The van der Waals surface area contributed by atoms with Gasteiger partial charge < -0.3 is 19.4 Å². The summed E-state index contributed by atoms with van der Waals surface area (Å²) in [6.07, 6.45) is 76.0. The summed E-state index contributed by atoms with van der Waals surface area (Å²) in [7, 11) is 1.46. The number of phosphoric acid groups is 1. The Bertz CT molecular complexity index is 1610. The maximum Gasteiger partial charge on any atom is 0.472 e. The molecule has 9 nitrogen and oxygen atoms in total. The Balaban J connectivity index is 5.28. The molecule has 0 rings (SSSR count). The average molecular weight is 1110 g/mol. The molecule has 2 N–H and O–H groups in total. The zero-order chi connectivity index (χ0) is 57.2. The summed E-state index contributed by atoms with van der Waals surface area (Å²) in [6, 6.07) is -0.881. The van der Waals surface area contributed by atoms with Gasteiger partial charge in [0.25, 0.3) is 0 Å². The van der Waals surface area contributed by atoms with Crippen molar-refractivity contribution in [1.29, 1.82) is 0 Å². The Kier molecular flexibility index (Phi) is 55.4. The number of rotatable bonds is 58. The van der Waals surface area contributed by atoms with Gasteiger partial charge in [-0.2, -0.15) is 0 Å². The molecular weight excluding hydrogens is 988 g/mol. The lowest BCUT2D eigenvalue weighted by atomic mass is 10.0. The van der Waals surface area contributed by atoms with Gasteiger partial charge >= 0.3 is 13.8 Å². The normalized spacial score (nSPS) is 14.2. The third-order valence-electron chi connectivity index (χ3n) is 14.1. The third kappa shape index (κ3) is 57.9. The van der Waals surface area contributed by atoms with Crippen LogP contribution in [0.4, 0.5) is 0 Å². The van der Waals surface area contributed by atoms with Crippen LogP contribution in [-0.2, 0) is 27.9 Å². The third-order valence-corrected chi connectivity index (χ3v) is 15.1. The molecule has 0 bridgehead atoms. The smallest absolute Gasteiger partial charge is 0.456 e. The Morgan fingerprint density at radius 1 is 0.462 bits per heavy atom. The van der Waals surface area contributed by atoms with Gasteiger partial charge in [0.15, 0.2) is 0 Å². The molecule has 0 heterocycles. The van der Waals surface area contributed by atoms with Crippen LogP contribution in [0.5, 0.6) is 0 Å². The highest BCUT2D eigenvalue weighted by Gasteiger charge is 2.30.